The van der Waals surface area contributed by atoms with Crippen LogP contribution in [0.25, 0.3) is 0 Å². The van der Waals surface area contributed by atoms with Gasteiger partial charge in [0.05, 0.1) is 0 Å². The molecule has 2 N–H and O–H groups in total. The molecule has 0 bridgehead atoms. The molecule has 0 heterocycles. The van der Waals surface area contributed by atoms with E-state index in [9.17, 15) is 14.9 Å². The van der Waals surface area contributed by atoms with E-state index in [0.717, 1.165) is 6.92 Å². The van der Waals surface area contributed by atoms with Gasteiger partial charge >= 0.3 is 89.6 Å². The number of hydrogen-bond acceptors (Lipinski definition) is 4. The number of benzene rings is 1. The Kier molecular flexibility index (Phi) is 6.33. The Hall–Kier alpha value is -1.50. The van der Waals surface area contributed by atoms with Crippen LogP contribution in [0.1, 0.15) is 17.3 Å². The quantitative estimate of drug-likeness (QED) is 0.405. The SMILES string of the molecule is CC(=O)O.O=C(O)c1cccc([N+](=O)[O-])[c]1[Hg]. The van der Waals surface area contributed by atoms with Crippen LogP contribution in [0.5, 0.6) is 0 Å². The molecular formula is C9H8HgNO6. The summed E-state index contributed by atoms with van der Waals surface area (Å²) in [6.07, 6.45) is 0. The van der Waals surface area contributed by atoms with E-state index in [-0.39, 0.29) is 37.4 Å². The fourth-order valence-electron chi connectivity index (χ4n) is 0.946. The molecule has 0 aliphatic carbocycles. The molecule has 1 rings (SSSR count). The number of carbonyl (C=O) groups is 2. The molecule has 8 heteroatoms. The molecule has 87 valence electrons. The van der Waals surface area contributed by atoms with E-state index in [1.165, 1.54) is 18.2 Å². The Labute approximate surface area is 112 Å². The van der Waals surface area contributed by atoms with Gasteiger partial charge in [-0.05, 0) is 0 Å². The molecule has 0 aromatic heterocycles. The first-order valence-corrected chi connectivity index (χ1v) is 7.04. The van der Waals surface area contributed by atoms with Gasteiger partial charge in [0.25, 0.3) is 5.97 Å². The van der Waals surface area contributed by atoms with E-state index in [2.05, 4.69) is 0 Å². The summed E-state index contributed by atoms with van der Waals surface area (Å²) in [5.41, 5.74) is -0.0271. The van der Waals surface area contributed by atoms with Crippen molar-refractivity contribution in [1.82, 2.24) is 0 Å². The first kappa shape index (κ1) is 15.5. The van der Waals surface area contributed by atoms with Crippen molar-refractivity contribution in [3.05, 3.63) is 33.9 Å². The second kappa shape index (κ2) is 6.95. The summed E-state index contributed by atoms with van der Waals surface area (Å²) >= 11 is -0.0768. The van der Waals surface area contributed by atoms with Crippen molar-refractivity contribution in [1.29, 1.82) is 0 Å². The summed E-state index contributed by atoms with van der Waals surface area (Å²) in [4.78, 5) is 29.5. The predicted molar refractivity (Wildman–Crippen MR) is 53.0 cm³/mol. The summed E-state index contributed by atoms with van der Waals surface area (Å²) in [6.45, 7) is 1.08. The van der Waals surface area contributed by atoms with Gasteiger partial charge in [0, 0.05) is 6.92 Å². The Bertz CT molecular complexity index is 423. The van der Waals surface area contributed by atoms with Crippen LogP contribution in [0.15, 0.2) is 18.2 Å². The zero-order valence-corrected chi connectivity index (χ0v) is 14.4. The van der Waals surface area contributed by atoms with Gasteiger partial charge < -0.3 is 5.11 Å². The summed E-state index contributed by atoms with van der Waals surface area (Å²) in [5.74, 6) is -1.94. The van der Waals surface area contributed by atoms with Crippen LogP contribution in [-0.2, 0) is 30.9 Å². The summed E-state index contributed by atoms with van der Waals surface area (Å²) in [7, 11) is 0. The van der Waals surface area contributed by atoms with Crippen LogP contribution in [0.2, 0.25) is 0 Å². The van der Waals surface area contributed by atoms with Crippen molar-refractivity contribution in [2.75, 3.05) is 0 Å². The van der Waals surface area contributed by atoms with E-state index in [4.69, 9.17) is 15.0 Å². The molecular weight excluding hydrogens is 419 g/mol. The van der Waals surface area contributed by atoms with Gasteiger partial charge in [-0.15, -0.1) is 0 Å². The topological polar surface area (TPSA) is 118 Å². The number of hydrogen-bond donors (Lipinski definition) is 2. The van der Waals surface area contributed by atoms with Crippen LogP contribution < -0.4 is 3.07 Å². The molecule has 1 aromatic rings. The number of carboxylic acid groups (broad SMARTS) is 2. The number of nitrogens with zero attached hydrogens (tertiary/aromatic N) is 1. The van der Waals surface area contributed by atoms with Crippen LogP contribution >= 0.6 is 0 Å². The van der Waals surface area contributed by atoms with Gasteiger partial charge in [0.2, 0.25) is 0 Å². The number of nitro benzene ring substituents is 1. The number of carboxylic acids is 2. The Balaban J connectivity index is 0.000000557. The summed E-state index contributed by atoms with van der Waals surface area (Å²) in [6, 6.07) is 4.10. The molecule has 0 spiro atoms. The van der Waals surface area contributed by atoms with Crippen LogP contribution in [0, 0.1) is 10.1 Å². The molecule has 0 fully saturated rings. The maximum atomic E-state index is 10.6. The molecule has 0 aliphatic heterocycles. The third kappa shape index (κ3) is 5.39. The van der Waals surface area contributed by atoms with Crippen LogP contribution in [0.3, 0.4) is 0 Å². The van der Waals surface area contributed by atoms with Crippen molar-refractivity contribution in [2.45, 2.75) is 6.92 Å². The molecule has 0 aliphatic rings. The van der Waals surface area contributed by atoms with E-state index in [1.54, 1.807) is 0 Å². The number of aromatic carboxylic acids is 1. The average molecular weight is 427 g/mol. The molecule has 0 amide bonds. The Morgan fingerprint density at radius 1 is 1.35 bits per heavy atom. The first-order chi connectivity index (χ1) is 7.77. The van der Waals surface area contributed by atoms with E-state index in [0.29, 0.717) is 3.07 Å². The third-order valence-electron chi connectivity index (χ3n) is 1.58. The average Bonchev–Trinajstić information content (AvgIpc) is 2.15. The first-order valence-electron chi connectivity index (χ1n) is 4.29. The number of rotatable bonds is 2. The van der Waals surface area contributed by atoms with Gasteiger partial charge in [0.1, 0.15) is 0 Å². The van der Waals surface area contributed by atoms with Gasteiger partial charge in [-0.3, -0.25) is 4.79 Å². The van der Waals surface area contributed by atoms with Crippen molar-refractivity contribution in [3.63, 3.8) is 0 Å². The minimum absolute atomic E-state index is 0.0533. The number of aliphatic carboxylic acids is 1. The standard InChI is InChI=1S/C7H4NO4.C2H4O2.Hg/c9-7(10)5-2-1-3-6(4-5)8(11)12;1-2(3)4;/h1-3H,(H,9,10);1H3,(H,3,4);. The van der Waals surface area contributed by atoms with E-state index >= 15 is 0 Å². The van der Waals surface area contributed by atoms with Gasteiger partial charge in [0.15, 0.2) is 0 Å². The zero-order valence-electron chi connectivity index (χ0n) is 8.91. The molecule has 7 nitrogen and oxygen atoms in total. The summed E-state index contributed by atoms with van der Waals surface area (Å²) < 4.78 is 0.375. The van der Waals surface area contributed by atoms with E-state index in [1.807, 2.05) is 0 Å². The fourth-order valence-corrected chi connectivity index (χ4v) is 2.95. The maximum absolute atomic E-state index is 10.6. The van der Waals surface area contributed by atoms with Crippen molar-refractivity contribution >= 4 is 20.7 Å². The molecule has 0 unspecified atom stereocenters. The second-order valence-electron chi connectivity index (χ2n) is 2.88. The van der Waals surface area contributed by atoms with Crippen molar-refractivity contribution in [3.8, 4) is 0 Å². The summed E-state index contributed by atoms with van der Waals surface area (Å²) in [5, 5.41) is 26.5. The van der Waals surface area contributed by atoms with Gasteiger partial charge in [-0.2, -0.15) is 0 Å². The van der Waals surface area contributed by atoms with E-state index < -0.39 is 16.9 Å². The monoisotopic (exact) mass is 428 g/mol. The number of nitro groups is 1. The molecule has 17 heavy (non-hydrogen) atoms. The van der Waals surface area contributed by atoms with Crippen LogP contribution in [0.4, 0.5) is 5.69 Å². The predicted octanol–water partition coefficient (Wildman–Crippen LogP) is 0.556. The van der Waals surface area contributed by atoms with Crippen molar-refractivity contribution < 1.29 is 50.8 Å². The molecule has 1 aromatic carbocycles. The normalized spacial score (nSPS) is 8.88. The molecule has 0 saturated heterocycles. The minimum atomic E-state index is -1.10. The Morgan fingerprint density at radius 2 is 1.82 bits per heavy atom. The zero-order chi connectivity index (χ0) is 13.6. The molecule has 0 saturated carbocycles. The van der Waals surface area contributed by atoms with Gasteiger partial charge in [-0.25, -0.2) is 0 Å². The second-order valence-corrected chi connectivity index (χ2v) is 5.63. The Morgan fingerprint density at radius 3 is 2.18 bits per heavy atom. The molecule has 0 radical (unpaired) electrons. The van der Waals surface area contributed by atoms with Crippen LogP contribution in [-0.4, -0.2) is 27.1 Å². The molecule has 0 atom stereocenters. The van der Waals surface area contributed by atoms with Crippen molar-refractivity contribution in [2.24, 2.45) is 0 Å². The third-order valence-corrected chi connectivity index (χ3v) is 4.47. The van der Waals surface area contributed by atoms with Gasteiger partial charge in [-0.1, -0.05) is 0 Å². The fraction of sp³-hybridized carbons (Fsp3) is 0.111.